The zero-order chi connectivity index (χ0) is 11.2. The van der Waals surface area contributed by atoms with Crippen LogP contribution in [-0.2, 0) is 10.2 Å². The maximum Gasteiger partial charge on any atom is 0.314 e. The molecule has 0 unspecified atom stereocenters. The molecule has 0 radical (unpaired) electrons. The van der Waals surface area contributed by atoms with Crippen molar-refractivity contribution in [2.75, 3.05) is 0 Å². The molecule has 2 rings (SSSR count). The SMILES string of the molecule is O=C(O)C1(c2c(F)ccc(O)c2O)CC1. The summed E-state index contributed by atoms with van der Waals surface area (Å²) in [6, 6.07) is 1.94. The highest BCUT2D eigenvalue weighted by atomic mass is 19.1. The standard InChI is InChI=1S/C10H9FO4/c11-5-1-2-6(12)8(13)7(5)10(3-4-10)9(14)15/h1-2,12-13H,3-4H2,(H,14,15). The fourth-order valence-electron chi connectivity index (χ4n) is 1.71. The van der Waals surface area contributed by atoms with Gasteiger partial charge < -0.3 is 15.3 Å². The summed E-state index contributed by atoms with van der Waals surface area (Å²) in [6.07, 6.45) is 0.548. The van der Waals surface area contributed by atoms with E-state index in [0.29, 0.717) is 0 Å². The van der Waals surface area contributed by atoms with E-state index in [2.05, 4.69) is 0 Å². The van der Waals surface area contributed by atoms with E-state index in [-0.39, 0.29) is 18.4 Å². The summed E-state index contributed by atoms with van der Waals surface area (Å²) in [4.78, 5) is 10.9. The number of aliphatic carboxylic acids is 1. The Morgan fingerprint density at radius 1 is 1.33 bits per heavy atom. The topological polar surface area (TPSA) is 77.8 Å². The third-order valence-corrected chi connectivity index (χ3v) is 2.74. The first kappa shape index (κ1) is 9.76. The molecule has 0 aliphatic heterocycles. The van der Waals surface area contributed by atoms with Crippen LogP contribution in [0.4, 0.5) is 4.39 Å². The monoisotopic (exact) mass is 212 g/mol. The predicted octanol–water partition coefficient (Wildman–Crippen LogP) is 1.35. The van der Waals surface area contributed by atoms with E-state index < -0.39 is 28.7 Å². The number of carboxylic acid groups (broad SMARTS) is 1. The van der Waals surface area contributed by atoms with Gasteiger partial charge in [0.15, 0.2) is 11.5 Å². The largest absolute Gasteiger partial charge is 0.504 e. The molecule has 80 valence electrons. The second-order valence-electron chi connectivity index (χ2n) is 3.68. The third kappa shape index (κ3) is 1.23. The molecule has 0 heterocycles. The van der Waals surface area contributed by atoms with Crippen LogP contribution in [0.1, 0.15) is 18.4 Å². The summed E-state index contributed by atoms with van der Waals surface area (Å²) in [5, 5.41) is 27.6. The lowest BCUT2D eigenvalue weighted by Crippen LogP contribution is -2.21. The van der Waals surface area contributed by atoms with Crippen LogP contribution < -0.4 is 0 Å². The number of carboxylic acids is 1. The van der Waals surface area contributed by atoms with Gasteiger partial charge in [0.2, 0.25) is 0 Å². The minimum atomic E-state index is -1.35. The van der Waals surface area contributed by atoms with Gasteiger partial charge in [-0.3, -0.25) is 4.79 Å². The van der Waals surface area contributed by atoms with E-state index >= 15 is 0 Å². The Hall–Kier alpha value is -1.78. The lowest BCUT2D eigenvalue weighted by atomic mass is 9.94. The van der Waals surface area contributed by atoms with Crippen molar-refractivity contribution in [3.63, 3.8) is 0 Å². The van der Waals surface area contributed by atoms with E-state index in [1.54, 1.807) is 0 Å². The number of hydrogen-bond acceptors (Lipinski definition) is 3. The summed E-state index contributed by atoms with van der Waals surface area (Å²) in [6.45, 7) is 0. The summed E-state index contributed by atoms with van der Waals surface area (Å²) < 4.78 is 13.4. The van der Waals surface area contributed by atoms with Gasteiger partial charge in [-0.1, -0.05) is 0 Å². The van der Waals surface area contributed by atoms with Crippen LogP contribution in [0.2, 0.25) is 0 Å². The highest BCUT2D eigenvalue weighted by Gasteiger charge is 2.55. The van der Waals surface area contributed by atoms with Crippen molar-refractivity contribution < 1.29 is 24.5 Å². The number of benzene rings is 1. The van der Waals surface area contributed by atoms with Gasteiger partial charge in [0.25, 0.3) is 0 Å². The fourth-order valence-corrected chi connectivity index (χ4v) is 1.71. The van der Waals surface area contributed by atoms with E-state index in [1.807, 2.05) is 0 Å². The van der Waals surface area contributed by atoms with Crippen LogP contribution in [0.15, 0.2) is 12.1 Å². The van der Waals surface area contributed by atoms with E-state index in [4.69, 9.17) is 5.11 Å². The Morgan fingerprint density at radius 2 is 1.93 bits per heavy atom. The van der Waals surface area contributed by atoms with Crippen LogP contribution in [0.5, 0.6) is 11.5 Å². The number of rotatable bonds is 2. The molecule has 1 aliphatic rings. The van der Waals surface area contributed by atoms with Gasteiger partial charge in [0.1, 0.15) is 5.82 Å². The molecule has 3 N–H and O–H groups in total. The Morgan fingerprint density at radius 3 is 2.40 bits per heavy atom. The van der Waals surface area contributed by atoms with Crippen molar-refractivity contribution >= 4 is 5.97 Å². The molecule has 4 nitrogen and oxygen atoms in total. The molecule has 1 saturated carbocycles. The number of phenols is 2. The Labute approximate surface area is 84.6 Å². The maximum atomic E-state index is 13.4. The predicted molar refractivity (Wildman–Crippen MR) is 48.3 cm³/mol. The first-order valence-corrected chi connectivity index (χ1v) is 4.43. The van der Waals surface area contributed by atoms with Crippen LogP contribution in [0, 0.1) is 5.82 Å². The van der Waals surface area contributed by atoms with Crippen molar-refractivity contribution in [3.05, 3.63) is 23.5 Å². The van der Waals surface area contributed by atoms with Crippen LogP contribution >= 0.6 is 0 Å². The minimum absolute atomic E-state index is 0.274. The lowest BCUT2D eigenvalue weighted by molar-refractivity contribution is -0.140. The van der Waals surface area contributed by atoms with Gasteiger partial charge in [0.05, 0.1) is 11.0 Å². The number of carbonyl (C=O) groups is 1. The molecular formula is C10H9FO4. The normalized spacial score (nSPS) is 17.4. The molecule has 0 amide bonds. The fraction of sp³-hybridized carbons (Fsp3) is 0.300. The third-order valence-electron chi connectivity index (χ3n) is 2.74. The number of halogens is 1. The molecule has 0 aromatic heterocycles. The van der Waals surface area contributed by atoms with Gasteiger partial charge in [-0.05, 0) is 25.0 Å². The van der Waals surface area contributed by atoms with Crippen molar-refractivity contribution in [1.82, 2.24) is 0 Å². The highest BCUT2D eigenvalue weighted by Crippen LogP contribution is 2.53. The number of hydrogen-bond donors (Lipinski definition) is 3. The van der Waals surface area contributed by atoms with Crippen molar-refractivity contribution in [2.24, 2.45) is 0 Å². The van der Waals surface area contributed by atoms with Crippen LogP contribution in [0.3, 0.4) is 0 Å². The van der Waals surface area contributed by atoms with Crippen LogP contribution in [-0.4, -0.2) is 21.3 Å². The zero-order valence-electron chi connectivity index (χ0n) is 7.70. The Bertz CT molecular complexity index is 437. The van der Waals surface area contributed by atoms with Crippen molar-refractivity contribution in [3.8, 4) is 11.5 Å². The first-order chi connectivity index (χ1) is 6.99. The molecule has 15 heavy (non-hydrogen) atoms. The second-order valence-corrected chi connectivity index (χ2v) is 3.68. The van der Waals surface area contributed by atoms with Gasteiger partial charge in [0, 0.05) is 0 Å². The molecule has 0 bridgehead atoms. The average Bonchev–Trinajstić information content (AvgIpc) is 2.93. The first-order valence-electron chi connectivity index (χ1n) is 4.43. The molecule has 0 spiro atoms. The van der Waals surface area contributed by atoms with E-state index in [0.717, 1.165) is 12.1 Å². The Kier molecular flexibility index (Phi) is 1.86. The van der Waals surface area contributed by atoms with Gasteiger partial charge >= 0.3 is 5.97 Å². The Balaban J connectivity index is 2.62. The summed E-state index contributed by atoms with van der Waals surface area (Å²) in [5.74, 6) is -3.15. The smallest absolute Gasteiger partial charge is 0.314 e. The maximum absolute atomic E-state index is 13.4. The quantitative estimate of drug-likeness (QED) is 0.646. The molecular weight excluding hydrogens is 203 g/mol. The molecule has 5 heteroatoms. The summed E-state index contributed by atoms with van der Waals surface area (Å²) >= 11 is 0. The van der Waals surface area contributed by atoms with Gasteiger partial charge in [-0.15, -0.1) is 0 Å². The molecule has 1 aromatic rings. The molecule has 1 fully saturated rings. The van der Waals surface area contributed by atoms with Crippen LogP contribution in [0.25, 0.3) is 0 Å². The molecule has 1 aromatic carbocycles. The number of aromatic hydroxyl groups is 2. The lowest BCUT2D eigenvalue weighted by Gasteiger charge is -2.13. The molecule has 0 saturated heterocycles. The van der Waals surface area contributed by atoms with Crippen molar-refractivity contribution in [2.45, 2.75) is 18.3 Å². The van der Waals surface area contributed by atoms with E-state index in [9.17, 15) is 19.4 Å². The van der Waals surface area contributed by atoms with Crippen molar-refractivity contribution in [1.29, 1.82) is 0 Å². The summed E-state index contributed by atoms with van der Waals surface area (Å²) in [5.41, 5.74) is -1.66. The van der Waals surface area contributed by atoms with Gasteiger partial charge in [-0.25, -0.2) is 4.39 Å². The summed E-state index contributed by atoms with van der Waals surface area (Å²) in [7, 11) is 0. The molecule has 0 atom stereocenters. The number of phenolic OH excluding ortho intramolecular Hbond substituents is 2. The highest BCUT2D eigenvalue weighted by molar-refractivity contribution is 5.86. The van der Waals surface area contributed by atoms with E-state index in [1.165, 1.54) is 0 Å². The minimum Gasteiger partial charge on any atom is -0.504 e. The average molecular weight is 212 g/mol. The zero-order valence-corrected chi connectivity index (χ0v) is 7.70. The second kappa shape index (κ2) is 2.85. The molecule has 1 aliphatic carbocycles. The van der Waals surface area contributed by atoms with Gasteiger partial charge in [-0.2, -0.15) is 0 Å².